The number of hydrogen-bond acceptors (Lipinski definition) is 4. The van der Waals surface area contributed by atoms with E-state index in [1.807, 2.05) is 41.3 Å². The molecule has 3 atom stereocenters. The zero-order chi connectivity index (χ0) is 17.7. The normalized spacial score (nSPS) is 29.1. The molecule has 136 valence electrons. The van der Waals surface area contributed by atoms with E-state index >= 15 is 0 Å². The number of fused-ring (bicyclic) bond motifs is 1. The first-order valence-corrected chi connectivity index (χ1v) is 9.00. The van der Waals surface area contributed by atoms with E-state index in [4.69, 9.17) is 14.6 Å². The van der Waals surface area contributed by atoms with E-state index in [1.54, 1.807) is 13.2 Å². The van der Waals surface area contributed by atoms with Gasteiger partial charge in [0.1, 0.15) is 0 Å². The van der Waals surface area contributed by atoms with E-state index < -0.39 is 0 Å². The molecule has 1 aliphatic heterocycles. The number of aliphatic hydroxyl groups excluding tert-OH is 1. The molecule has 3 rings (SSSR count). The molecule has 2 aliphatic rings. The summed E-state index contributed by atoms with van der Waals surface area (Å²) >= 11 is 0. The average molecular weight is 345 g/mol. The number of hydrogen-bond donors (Lipinski definition) is 1. The summed E-state index contributed by atoms with van der Waals surface area (Å²) in [6.45, 7) is 1.08. The molecule has 1 saturated carbocycles. The van der Waals surface area contributed by atoms with Crippen LogP contribution in [-0.4, -0.2) is 60.5 Å². The number of likely N-dealkylation sites (tertiary alicyclic amines) is 1. The van der Waals surface area contributed by atoms with Gasteiger partial charge in [-0.15, -0.1) is 0 Å². The second kappa shape index (κ2) is 8.13. The third-order valence-electron chi connectivity index (χ3n) is 5.49. The molecule has 1 aromatic rings. The van der Waals surface area contributed by atoms with E-state index in [-0.39, 0.29) is 30.3 Å². The van der Waals surface area contributed by atoms with Crippen LogP contribution in [0.15, 0.2) is 36.4 Å². The standard InChI is InChI=1S/C20H27NO4/c1-24-20-10-9-17(25-14-13-22)15-18(20)21(12-11-20)19(23)8-7-16-5-3-2-4-6-16/h2-8,17-18,22H,9-15H2,1H3/b8-7+/t17-,18+,20-/m1/s1. The number of rotatable bonds is 6. The van der Waals surface area contributed by atoms with Crippen molar-refractivity contribution < 1.29 is 19.4 Å². The van der Waals surface area contributed by atoms with Crippen LogP contribution in [0, 0.1) is 0 Å². The number of carbonyl (C=O) groups excluding carboxylic acids is 1. The van der Waals surface area contributed by atoms with Gasteiger partial charge in [0.05, 0.1) is 31.0 Å². The van der Waals surface area contributed by atoms with Crippen LogP contribution in [0.25, 0.3) is 6.08 Å². The minimum absolute atomic E-state index is 0.0237. The van der Waals surface area contributed by atoms with Crippen LogP contribution in [0.2, 0.25) is 0 Å². The molecule has 0 aromatic heterocycles. The zero-order valence-corrected chi connectivity index (χ0v) is 14.8. The fourth-order valence-electron chi connectivity index (χ4n) is 4.12. The lowest BCUT2D eigenvalue weighted by Crippen LogP contribution is -2.53. The Morgan fingerprint density at radius 2 is 2.16 bits per heavy atom. The van der Waals surface area contributed by atoms with E-state index in [0.29, 0.717) is 13.2 Å². The maximum atomic E-state index is 12.8. The Kier molecular flexibility index (Phi) is 5.89. The van der Waals surface area contributed by atoms with Crippen LogP contribution >= 0.6 is 0 Å². The Labute approximate surface area is 149 Å². The molecule has 1 heterocycles. The summed E-state index contributed by atoms with van der Waals surface area (Å²) in [6, 6.07) is 9.86. The number of methoxy groups -OCH3 is 1. The molecule has 5 nitrogen and oxygen atoms in total. The minimum atomic E-state index is -0.255. The van der Waals surface area contributed by atoms with Crippen molar-refractivity contribution in [2.75, 3.05) is 26.9 Å². The first kappa shape index (κ1) is 18.1. The summed E-state index contributed by atoms with van der Waals surface area (Å²) in [7, 11) is 1.75. The summed E-state index contributed by atoms with van der Waals surface area (Å²) in [5.41, 5.74) is 0.760. The zero-order valence-electron chi connectivity index (χ0n) is 14.8. The van der Waals surface area contributed by atoms with Crippen LogP contribution in [0.1, 0.15) is 31.2 Å². The summed E-state index contributed by atoms with van der Waals surface area (Å²) in [5, 5.41) is 8.98. The quantitative estimate of drug-likeness (QED) is 0.804. The molecular weight excluding hydrogens is 318 g/mol. The SMILES string of the molecule is CO[C@@]12CC[C@@H](OCCO)C[C@@H]1N(C(=O)/C=C/c1ccccc1)CC2. The van der Waals surface area contributed by atoms with Crippen molar-refractivity contribution in [1.82, 2.24) is 4.90 Å². The molecule has 1 aromatic carbocycles. The molecule has 2 fully saturated rings. The highest BCUT2D eigenvalue weighted by molar-refractivity contribution is 5.92. The van der Waals surface area contributed by atoms with E-state index in [0.717, 1.165) is 31.2 Å². The summed E-state index contributed by atoms with van der Waals surface area (Å²) < 4.78 is 11.6. The Balaban J connectivity index is 1.70. The van der Waals surface area contributed by atoms with E-state index in [2.05, 4.69) is 0 Å². The Bertz CT molecular complexity index is 603. The van der Waals surface area contributed by atoms with Gasteiger partial charge in [0.25, 0.3) is 0 Å². The molecule has 5 heteroatoms. The number of nitrogens with zero attached hydrogens (tertiary/aromatic N) is 1. The molecule has 1 aliphatic carbocycles. The van der Waals surface area contributed by atoms with Gasteiger partial charge in [-0.3, -0.25) is 4.79 Å². The van der Waals surface area contributed by atoms with Crippen molar-refractivity contribution in [3.8, 4) is 0 Å². The number of ether oxygens (including phenoxy) is 2. The first-order valence-electron chi connectivity index (χ1n) is 9.00. The molecule has 0 unspecified atom stereocenters. The highest BCUT2D eigenvalue weighted by Crippen LogP contribution is 2.43. The lowest BCUT2D eigenvalue weighted by molar-refractivity contribution is -0.137. The Morgan fingerprint density at radius 1 is 1.36 bits per heavy atom. The van der Waals surface area contributed by atoms with Crippen LogP contribution < -0.4 is 0 Å². The van der Waals surface area contributed by atoms with Gasteiger partial charge < -0.3 is 19.5 Å². The van der Waals surface area contributed by atoms with Crippen LogP contribution in [-0.2, 0) is 14.3 Å². The van der Waals surface area contributed by atoms with E-state index in [1.165, 1.54) is 0 Å². The van der Waals surface area contributed by atoms with Gasteiger partial charge in [-0.05, 0) is 37.3 Å². The molecule has 0 spiro atoms. The second-order valence-electron chi connectivity index (χ2n) is 6.80. The largest absolute Gasteiger partial charge is 0.394 e. The highest BCUT2D eigenvalue weighted by Gasteiger charge is 2.52. The lowest BCUT2D eigenvalue weighted by Gasteiger charge is -2.43. The van der Waals surface area contributed by atoms with Gasteiger partial charge in [-0.1, -0.05) is 30.3 Å². The predicted octanol–water partition coefficient (Wildman–Crippen LogP) is 2.25. The van der Waals surface area contributed by atoms with Gasteiger partial charge >= 0.3 is 0 Å². The van der Waals surface area contributed by atoms with Gasteiger partial charge in [0, 0.05) is 19.7 Å². The topological polar surface area (TPSA) is 59.0 Å². The predicted molar refractivity (Wildman–Crippen MR) is 96.0 cm³/mol. The number of carbonyl (C=O) groups is 1. The van der Waals surface area contributed by atoms with Gasteiger partial charge in [-0.25, -0.2) is 0 Å². The molecule has 0 bridgehead atoms. The number of amides is 1. The highest BCUT2D eigenvalue weighted by atomic mass is 16.5. The smallest absolute Gasteiger partial charge is 0.246 e. The maximum absolute atomic E-state index is 12.8. The molecule has 1 saturated heterocycles. The molecule has 1 amide bonds. The molecular formula is C20H27NO4. The Morgan fingerprint density at radius 3 is 2.88 bits per heavy atom. The Hall–Kier alpha value is -1.69. The van der Waals surface area contributed by atoms with E-state index in [9.17, 15) is 4.79 Å². The van der Waals surface area contributed by atoms with Crippen molar-refractivity contribution in [3.05, 3.63) is 42.0 Å². The van der Waals surface area contributed by atoms with Gasteiger partial charge in [-0.2, -0.15) is 0 Å². The van der Waals surface area contributed by atoms with Crippen molar-refractivity contribution in [1.29, 1.82) is 0 Å². The van der Waals surface area contributed by atoms with Crippen molar-refractivity contribution in [3.63, 3.8) is 0 Å². The molecule has 0 radical (unpaired) electrons. The average Bonchev–Trinajstić information content (AvgIpc) is 3.04. The fraction of sp³-hybridized carbons (Fsp3) is 0.550. The number of aliphatic hydroxyl groups is 1. The van der Waals surface area contributed by atoms with Crippen molar-refractivity contribution in [2.45, 2.75) is 43.4 Å². The van der Waals surface area contributed by atoms with Crippen LogP contribution in [0.5, 0.6) is 0 Å². The maximum Gasteiger partial charge on any atom is 0.246 e. The minimum Gasteiger partial charge on any atom is -0.394 e. The monoisotopic (exact) mass is 345 g/mol. The van der Waals surface area contributed by atoms with Crippen molar-refractivity contribution in [2.24, 2.45) is 0 Å². The first-order chi connectivity index (χ1) is 12.2. The number of benzene rings is 1. The van der Waals surface area contributed by atoms with Crippen LogP contribution in [0.4, 0.5) is 0 Å². The van der Waals surface area contributed by atoms with Gasteiger partial charge in [0.2, 0.25) is 5.91 Å². The summed E-state index contributed by atoms with van der Waals surface area (Å²) in [5.74, 6) is 0.0237. The molecule has 25 heavy (non-hydrogen) atoms. The lowest BCUT2D eigenvalue weighted by atomic mass is 9.79. The third-order valence-corrected chi connectivity index (χ3v) is 5.49. The summed E-state index contributed by atoms with van der Waals surface area (Å²) in [4.78, 5) is 14.7. The summed E-state index contributed by atoms with van der Waals surface area (Å²) in [6.07, 6.45) is 7.01. The van der Waals surface area contributed by atoms with Crippen LogP contribution in [0.3, 0.4) is 0 Å². The third kappa shape index (κ3) is 3.94. The van der Waals surface area contributed by atoms with Gasteiger partial charge in [0.15, 0.2) is 0 Å². The second-order valence-corrected chi connectivity index (χ2v) is 6.80. The molecule has 1 N–H and O–H groups in total. The fourth-order valence-corrected chi connectivity index (χ4v) is 4.12. The van der Waals surface area contributed by atoms with Crippen molar-refractivity contribution >= 4 is 12.0 Å².